The molecule has 4 nitrogen and oxygen atoms in total. The van der Waals surface area contributed by atoms with E-state index in [9.17, 15) is 4.79 Å². The van der Waals surface area contributed by atoms with Crippen molar-refractivity contribution in [1.82, 2.24) is 4.90 Å². The highest BCUT2D eigenvalue weighted by molar-refractivity contribution is 5.81. The zero-order valence-corrected chi connectivity index (χ0v) is 12.3. The van der Waals surface area contributed by atoms with Crippen LogP contribution in [0.15, 0.2) is 24.3 Å². The lowest BCUT2D eigenvalue weighted by atomic mass is 10.1. The molecule has 20 heavy (non-hydrogen) atoms. The first-order chi connectivity index (χ1) is 9.62. The minimum atomic E-state index is -0.412. The Bertz CT molecular complexity index is 462. The Morgan fingerprint density at radius 2 is 1.95 bits per heavy atom. The van der Waals surface area contributed by atoms with Crippen LogP contribution in [0.2, 0.25) is 0 Å². The number of nitriles is 1. The number of rotatable bonds is 7. The second-order valence-electron chi connectivity index (χ2n) is 4.96. The van der Waals surface area contributed by atoms with Crippen molar-refractivity contribution in [2.45, 2.75) is 45.7 Å². The number of carbonyl (C=O) groups excluding carboxylic acids is 1. The lowest BCUT2D eigenvalue weighted by molar-refractivity contribution is -0.133. The molecule has 0 saturated carbocycles. The summed E-state index contributed by atoms with van der Waals surface area (Å²) >= 11 is 0. The maximum Gasteiger partial charge on any atom is 0.239 e. The van der Waals surface area contributed by atoms with Crippen molar-refractivity contribution < 1.29 is 4.79 Å². The predicted octanol–water partition coefficient (Wildman–Crippen LogP) is 2.42. The van der Waals surface area contributed by atoms with Gasteiger partial charge in [0.15, 0.2) is 0 Å². The van der Waals surface area contributed by atoms with Crippen molar-refractivity contribution in [3.05, 3.63) is 35.4 Å². The molecule has 1 aromatic rings. The van der Waals surface area contributed by atoms with Gasteiger partial charge in [-0.1, -0.05) is 32.4 Å². The van der Waals surface area contributed by atoms with Crippen molar-refractivity contribution in [1.29, 1.82) is 5.26 Å². The minimum Gasteiger partial charge on any atom is -0.337 e. The minimum absolute atomic E-state index is 0.0121. The van der Waals surface area contributed by atoms with Crippen LogP contribution in [-0.2, 0) is 11.3 Å². The second kappa shape index (κ2) is 8.34. The third kappa shape index (κ3) is 4.67. The number of carbonyl (C=O) groups is 1. The molecule has 0 aliphatic rings. The fourth-order valence-electron chi connectivity index (χ4n) is 2.11. The molecular formula is C16H23N3O. The van der Waals surface area contributed by atoms with Crippen LogP contribution in [0.25, 0.3) is 0 Å². The van der Waals surface area contributed by atoms with Gasteiger partial charge in [-0.2, -0.15) is 5.26 Å². The lowest BCUT2D eigenvalue weighted by Gasteiger charge is -2.25. The van der Waals surface area contributed by atoms with Crippen LogP contribution < -0.4 is 5.73 Å². The number of amides is 1. The monoisotopic (exact) mass is 273 g/mol. The maximum atomic E-state index is 12.3. The third-order valence-corrected chi connectivity index (χ3v) is 3.18. The first-order valence-corrected chi connectivity index (χ1v) is 7.15. The van der Waals surface area contributed by atoms with Gasteiger partial charge in [0, 0.05) is 13.1 Å². The smallest absolute Gasteiger partial charge is 0.239 e. The average molecular weight is 273 g/mol. The Kier molecular flexibility index (Phi) is 6.75. The zero-order valence-electron chi connectivity index (χ0n) is 12.3. The molecule has 1 rings (SSSR count). The fraction of sp³-hybridized carbons (Fsp3) is 0.500. The van der Waals surface area contributed by atoms with Gasteiger partial charge in [0.25, 0.3) is 0 Å². The lowest BCUT2D eigenvalue weighted by Crippen LogP contribution is -2.43. The molecule has 0 saturated heterocycles. The first kappa shape index (κ1) is 16.2. The number of hydrogen-bond acceptors (Lipinski definition) is 3. The number of nitrogens with zero attached hydrogens (tertiary/aromatic N) is 2. The third-order valence-electron chi connectivity index (χ3n) is 3.18. The first-order valence-electron chi connectivity index (χ1n) is 7.15. The van der Waals surface area contributed by atoms with Crippen LogP contribution in [0.1, 0.15) is 44.2 Å². The van der Waals surface area contributed by atoms with Crippen LogP contribution in [0.5, 0.6) is 0 Å². The summed E-state index contributed by atoms with van der Waals surface area (Å²) in [6.07, 6.45) is 2.52. The second-order valence-corrected chi connectivity index (χ2v) is 4.96. The summed E-state index contributed by atoms with van der Waals surface area (Å²) in [5.74, 6) is 0.0121. The van der Waals surface area contributed by atoms with Gasteiger partial charge >= 0.3 is 0 Å². The van der Waals surface area contributed by atoms with E-state index in [-0.39, 0.29) is 5.91 Å². The molecule has 0 fully saturated rings. The summed E-state index contributed by atoms with van der Waals surface area (Å²) < 4.78 is 0. The number of hydrogen-bond donors (Lipinski definition) is 1. The normalized spacial score (nSPS) is 11.7. The molecule has 2 N–H and O–H groups in total. The Morgan fingerprint density at radius 3 is 2.45 bits per heavy atom. The van der Waals surface area contributed by atoms with E-state index in [0.717, 1.165) is 18.4 Å². The molecule has 1 unspecified atom stereocenters. The summed E-state index contributed by atoms with van der Waals surface area (Å²) in [6.45, 7) is 5.33. The molecule has 1 atom stereocenters. The molecular weight excluding hydrogens is 250 g/mol. The molecule has 1 amide bonds. The molecule has 0 aliphatic heterocycles. The largest absolute Gasteiger partial charge is 0.337 e. The summed E-state index contributed by atoms with van der Waals surface area (Å²) in [7, 11) is 0. The molecule has 0 bridgehead atoms. The van der Waals surface area contributed by atoms with Crippen molar-refractivity contribution in [2.24, 2.45) is 5.73 Å². The van der Waals surface area contributed by atoms with E-state index >= 15 is 0 Å². The van der Waals surface area contributed by atoms with Crippen LogP contribution >= 0.6 is 0 Å². The molecule has 108 valence electrons. The van der Waals surface area contributed by atoms with Crippen molar-refractivity contribution in [3.8, 4) is 6.07 Å². The summed E-state index contributed by atoms with van der Waals surface area (Å²) in [4.78, 5) is 14.1. The SMILES string of the molecule is CCCC(N)C(=O)N(CCC)Cc1ccc(C#N)cc1. The van der Waals surface area contributed by atoms with Gasteiger partial charge in [0.05, 0.1) is 17.7 Å². The van der Waals surface area contributed by atoms with Crippen molar-refractivity contribution in [2.75, 3.05) is 6.54 Å². The fourth-order valence-corrected chi connectivity index (χ4v) is 2.11. The quantitative estimate of drug-likeness (QED) is 0.829. The Hall–Kier alpha value is -1.86. The van der Waals surface area contributed by atoms with E-state index in [1.165, 1.54) is 0 Å². The molecule has 0 aromatic heterocycles. The van der Waals surface area contributed by atoms with Gasteiger partial charge in [-0.15, -0.1) is 0 Å². The van der Waals surface area contributed by atoms with Crippen molar-refractivity contribution in [3.63, 3.8) is 0 Å². The van der Waals surface area contributed by atoms with Gasteiger partial charge < -0.3 is 10.6 Å². The van der Waals surface area contributed by atoms with Crippen molar-refractivity contribution >= 4 is 5.91 Å². The Morgan fingerprint density at radius 1 is 1.30 bits per heavy atom. The summed E-state index contributed by atoms with van der Waals surface area (Å²) in [5, 5.41) is 8.78. The van der Waals surface area contributed by atoms with Gasteiger partial charge in [0.2, 0.25) is 5.91 Å². The van der Waals surface area contributed by atoms with Gasteiger partial charge in [0.1, 0.15) is 0 Å². The van der Waals surface area contributed by atoms with Gasteiger partial charge in [-0.3, -0.25) is 4.79 Å². The Labute approximate surface area is 121 Å². The average Bonchev–Trinajstić information content (AvgIpc) is 2.47. The van der Waals surface area contributed by atoms with Gasteiger partial charge in [-0.25, -0.2) is 0 Å². The highest BCUT2D eigenvalue weighted by Gasteiger charge is 2.19. The summed E-state index contributed by atoms with van der Waals surface area (Å²) in [6, 6.07) is 9.00. The summed E-state index contributed by atoms with van der Waals surface area (Å²) in [5.41, 5.74) is 7.58. The molecule has 4 heteroatoms. The van der Waals surface area contributed by atoms with E-state index in [0.29, 0.717) is 25.1 Å². The van der Waals surface area contributed by atoms with E-state index < -0.39 is 6.04 Å². The van der Waals surface area contributed by atoms with E-state index in [1.54, 1.807) is 12.1 Å². The maximum absolute atomic E-state index is 12.3. The van der Waals surface area contributed by atoms with Crippen LogP contribution in [0.4, 0.5) is 0 Å². The zero-order chi connectivity index (χ0) is 15.0. The van der Waals surface area contributed by atoms with Gasteiger partial charge in [-0.05, 0) is 30.5 Å². The standard InChI is InChI=1S/C16H23N3O/c1-3-5-15(18)16(20)19(10-4-2)12-14-8-6-13(11-17)7-9-14/h6-9,15H,3-5,10,12,18H2,1-2H3. The number of nitrogens with two attached hydrogens (primary N) is 1. The molecule has 0 aliphatic carbocycles. The predicted molar refractivity (Wildman–Crippen MR) is 79.7 cm³/mol. The van der Waals surface area contributed by atoms with Crippen LogP contribution in [0, 0.1) is 11.3 Å². The topological polar surface area (TPSA) is 70.1 Å². The highest BCUT2D eigenvalue weighted by atomic mass is 16.2. The van der Waals surface area contributed by atoms with E-state index in [1.807, 2.05) is 30.9 Å². The van der Waals surface area contributed by atoms with E-state index in [2.05, 4.69) is 6.07 Å². The van der Waals surface area contributed by atoms with Crippen LogP contribution in [-0.4, -0.2) is 23.4 Å². The molecule has 0 spiro atoms. The highest BCUT2D eigenvalue weighted by Crippen LogP contribution is 2.10. The van der Waals surface area contributed by atoms with Crippen LogP contribution in [0.3, 0.4) is 0 Å². The van der Waals surface area contributed by atoms with E-state index in [4.69, 9.17) is 11.0 Å². The number of benzene rings is 1. The Balaban J connectivity index is 2.75. The molecule has 0 radical (unpaired) electrons. The molecule has 1 aromatic carbocycles. The molecule has 0 heterocycles.